The summed E-state index contributed by atoms with van der Waals surface area (Å²) in [6, 6.07) is 10.6. The molecule has 4 nitrogen and oxygen atoms in total. The largest absolute Gasteiger partial charge is 0.355 e. The van der Waals surface area contributed by atoms with Gasteiger partial charge in [0, 0.05) is 32.0 Å². The highest BCUT2D eigenvalue weighted by atomic mass is 16.2. The van der Waals surface area contributed by atoms with E-state index in [1.165, 1.54) is 5.56 Å². The molecular formula is C20H28N2O2. The molecule has 4 heteroatoms. The van der Waals surface area contributed by atoms with Gasteiger partial charge in [-0.05, 0) is 43.1 Å². The van der Waals surface area contributed by atoms with Crippen LogP contribution in [-0.4, -0.2) is 36.3 Å². The first-order chi connectivity index (χ1) is 11.6. The molecule has 130 valence electrons. The summed E-state index contributed by atoms with van der Waals surface area (Å²) >= 11 is 0. The fourth-order valence-electron chi connectivity index (χ4n) is 3.60. The lowest BCUT2D eigenvalue weighted by molar-refractivity contribution is -0.132. The molecule has 0 unspecified atom stereocenters. The van der Waals surface area contributed by atoms with E-state index in [1.807, 2.05) is 11.0 Å². The Kier molecular flexibility index (Phi) is 5.54. The number of rotatable bonds is 6. The number of benzene rings is 1. The molecule has 1 saturated heterocycles. The van der Waals surface area contributed by atoms with E-state index < -0.39 is 0 Å². The van der Waals surface area contributed by atoms with Gasteiger partial charge in [0.05, 0.1) is 0 Å². The van der Waals surface area contributed by atoms with Gasteiger partial charge < -0.3 is 10.2 Å². The molecule has 1 aliphatic carbocycles. The number of amides is 2. The second kappa shape index (κ2) is 7.82. The van der Waals surface area contributed by atoms with Gasteiger partial charge in [0.25, 0.3) is 0 Å². The van der Waals surface area contributed by atoms with E-state index >= 15 is 0 Å². The van der Waals surface area contributed by atoms with Gasteiger partial charge in [0.15, 0.2) is 0 Å². The number of nitrogens with one attached hydrogen (secondary N) is 1. The van der Waals surface area contributed by atoms with E-state index in [2.05, 4.69) is 36.5 Å². The van der Waals surface area contributed by atoms with Crippen LogP contribution in [0.1, 0.15) is 38.2 Å². The molecule has 2 fully saturated rings. The summed E-state index contributed by atoms with van der Waals surface area (Å²) in [6.45, 7) is 4.27. The molecule has 0 spiro atoms. The third-order valence-corrected chi connectivity index (χ3v) is 5.42. The molecule has 2 amide bonds. The van der Waals surface area contributed by atoms with Crippen LogP contribution in [0.4, 0.5) is 0 Å². The second-order valence-electron chi connectivity index (χ2n) is 7.37. The third-order valence-electron chi connectivity index (χ3n) is 5.42. The molecule has 3 rings (SSSR count). The quantitative estimate of drug-likeness (QED) is 0.873. The monoisotopic (exact) mass is 328 g/mol. The zero-order valence-corrected chi connectivity index (χ0v) is 14.5. The lowest BCUT2D eigenvalue weighted by atomic mass is 9.90. The Morgan fingerprint density at radius 1 is 1.17 bits per heavy atom. The highest BCUT2D eigenvalue weighted by molar-refractivity contribution is 5.82. The van der Waals surface area contributed by atoms with Crippen LogP contribution in [0.15, 0.2) is 30.3 Å². The molecule has 0 aromatic heterocycles. The van der Waals surface area contributed by atoms with E-state index in [-0.39, 0.29) is 17.7 Å². The molecule has 1 N–H and O–H groups in total. The van der Waals surface area contributed by atoms with Crippen molar-refractivity contribution in [2.75, 3.05) is 19.6 Å². The van der Waals surface area contributed by atoms with E-state index in [0.717, 1.165) is 38.8 Å². The van der Waals surface area contributed by atoms with E-state index in [1.54, 1.807) is 0 Å². The van der Waals surface area contributed by atoms with Gasteiger partial charge in [-0.1, -0.05) is 37.3 Å². The van der Waals surface area contributed by atoms with Gasteiger partial charge in [-0.2, -0.15) is 0 Å². The molecule has 0 bridgehead atoms. The highest BCUT2D eigenvalue weighted by Crippen LogP contribution is 2.37. The van der Waals surface area contributed by atoms with E-state index in [4.69, 9.17) is 0 Å². The van der Waals surface area contributed by atoms with Crippen LogP contribution >= 0.6 is 0 Å². The number of hydrogen-bond donors (Lipinski definition) is 1. The Balaban J connectivity index is 1.33. The predicted molar refractivity (Wildman–Crippen MR) is 94.3 cm³/mol. The molecule has 1 aromatic carbocycles. The SMILES string of the molecule is C[C@@H]1C[C@H]1C(=O)NCCC(=O)N1CCC(Cc2ccccc2)CC1. The van der Waals surface area contributed by atoms with Gasteiger partial charge in [-0.25, -0.2) is 0 Å². The number of nitrogens with zero attached hydrogens (tertiary/aromatic N) is 1. The Hall–Kier alpha value is -1.84. The number of carbonyl (C=O) groups is 2. The minimum atomic E-state index is 0.122. The summed E-state index contributed by atoms with van der Waals surface area (Å²) in [6.07, 6.45) is 4.68. The number of carbonyl (C=O) groups excluding carboxylic acids is 2. The summed E-state index contributed by atoms with van der Waals surface area (Å²) in [5.41, 5.74) is 1.39. The standard InChI is InChI=1S/C20H28N2O2/c1-15-13-18(15)20(24)21-10-7-19(23)22-11-8-17(9-12-22)14-16-5-3-2-4-6-16/h2-6,15,17-18H,7-14H2,1H3,(H,21,24)/t15-,18-/m1/s1. The molecule has 1 aliphatic heterocycles. The van der Waals surface area contributed by atoms with Gasteiger partial charge >= 0.3 is 0 Å². The molecule has 24 heavy (non-hydrogen) atoms. The van der Waals surface area contributed by atoms with Crippen LogP contribution in [0, 0.1) is 17.8 Å². The Bertz CT molecular complexity index is 564. The third kappa shape index (κ3) is 4.59. The average molecular weight is 328 g/mol. The fourth-order valence-corrected chi connectivity index (χ4v) is 3.60. The number of hydrogen-bond acceptors (Lipinski definition) is 2. The zero-order chi connectivity index (χ0) is 16.9. The minimum Gasteiger partial charge on any atom is -0.355 e. The number of piperidine rings is 1. The first-order valence-corrected chi connectivity index (χ1v) is 9.23. The van der Waals surface area contributed by atoms with Crippen LogP contribution < -0.4 is 5.32 Å². The van der Waals surface area contributed by atoms with Crippen LogP contribution in [-0.2, 0) is 16.0 Å². The first kappa shape index (κ1) is 17.0. The topological polar surface area (TPSA) is 49.4 Å². The lowest BCUT2D eigenvalue weighted by Gasteiger charge is -2.32. The summed E-state index contributed by atoms with van der Waals surface area (Å²) in [5, 5.41) is 2.90. The maximum atomic E-state index is 12.3. The smallest absolute Gasteiger partial charge is 0.224 e. The summed E-state index contributed by atoms with van der Waals surface area (Å²) < 4.78 is 0. The van der Waals surface area contributed by atoms with Crippen molar-refractivity contribution in [1.29, 1.82) is 0 Å². The van der Waals surface area contributed by atoms with Crippen LogP contribution in [0.3, 0.4) is 0 Å². The summed E-state index contributed by atoms with van der Waals surface area (Å²) in [5.74, 6) is 1.68. The molecule has 1 heterocycles. The normalized spacial score (nSPS) is 23.8. The Morgan fingerprint density at radius 2 is 1.83 bits per heavy atom. The predicted octanol–water partition coefficient (Wildman–Crippen LogP) is 2.63. The molecule has 2 aliphatic rings. The minimum absolute atomic E-state index is 0.122. The van der Waals surface area contributed by atoms with E-state index in [0.29, 0.717) is 24.8 Å². The summed E-state index contributed by atoms with van der Waals surface area (Å²) in [4.78, 5) is 26.0. The maximum Gasteiger partial charge on any atom is 0.224 e. The van der Waals surface area contributed by atoms with Crippen molar-refractivity contribution in [3.63, 3.8) is 0 Å². The van der Waals surface area contributed by atoms with Crippen molar-refractivity contribution in [1.82, 2.24) is 10.2 Å². The van der Waals surface area contributed by atoms with Gasteiger partial charge in [-0.15, -0.1) is 0 Å². The first-order valence-electron chi connectivity index (χ1n) is 9.23. The highest BCUT2D eigenvalue weighted by Gasteiger charge is 2.38. The van der Waals surface area contributed by atoms with Crippen LogP contribution in [0.2, 0.25) is 0 Å². The van der Waals surface area contributed by atoms with Crippen molar-refractivity contribution in [3.8, 4) is 0 Å². The molecule has 1 aromatic rings. The Morgan fingerprint density at radius 3 is 2.46 bits per heavy atom. The maximum absolute atomic E-state index is 12.3. The zero-order valence-electron chi connectivity index (χ0n) is 14.5. The van der Waals surface area contributed by atoms with Gasteiger partial charge in [-0.3, -0.25) is 9.59 Å². The Labute approximate surface area is 144 Å². The van der Waals surface area contributed by atoms with E-state index in [9.17, 15) is 9.59 Å². The van der Waals surface area contributed by atoms with Crippen molar-refractivity contribution in [2.45, 2.75) is 39.0 Å². The van der Waals surface area contributed by atoms with Gasteiger partial charge in [0.1, 0.15) is 0 Å². The number of likely N-dealkylation sites (tertiary alicyclic amines) is 1. The fraction of sp³-hybridized carbons (Fsp3) is 0.600. The molecule has 0 radical (unpaired) electrons. The van der Waals surface area contributed by atoms with Crippen molar-refractivity contribution < 1.29 is 9.59 Å². The van der Waals surface area contributed by atoms with Crippen LogP contribution in [0.25, 0.3) is 0 Å². The molecule has 1 saturated carbocycles. The van der Waals surface area contributed by atoms with Gasteiger partial charge in [0.2, 0.25) is 11.8 Å². The molecular weight excluding hydrogens is 300 g/mol. The average Bonchev–Trinajstić information content (AvgIpc) is 3.33. The summed E-state index contributed by atoms with van der Waals surface area (Å²) in [7, 11) is 0. The van der Waals surface area contributed by atoms with Crippen molar-refractivity contribution in [2.24, 2.45) is 17.8 Å². The lowest BCUT2D eigenvalue weighted by Crippen LogP contribution is -2.40. The van der Waals surface area contributed by atoms with Crippen molar-refractivity contribution in [3.05, 3.63) is 35.9 Å². The second-order valence-corrected chi connectivity index (χ2v) is 7.37. The molecule has 2 atom stereocenters. The van der Waals surface area contributed by atoms with Crippen LogP contribution in [0.5, 0.6) is 0 Å². The van der Waals surface area contributed by atoms with Crippen molar-refractivity contribution >= 4 is 11.8 Å².